The second kappa shape index (κ2) is 4.84. The third-order valence-corrected chi connectivity index (χ3v) is 3.16. The Balaban J connectivity index is 2.46. The molecular formula is C16H17NO2. The van der Waals surface area contributed by atoms with Crippen LogP contribution in [0.5, 0.6) is 0 Å². The topological polar surface area (TPSA) is 43.1 Å². The highest BCUT2D eigenvalue weighted by Crippen LogP contribution is 2.31. The molecule has 3 nitrogen and oxygen atoms in total. The first kappa shape index (κ1) is 13.3. The van der Waals surface area contributed by atoms with Crippen LogP contribution in [-0.2, 0) is 5.41 Å². The summed E-state index contributed by atoms with van der Waals surface area (Å²) in [5.74, 6) is 0. The molecule has 0 spiro atoms. The fourth-order valence-electron chi connectivity index (χ4n) is 2.03. The van der Waals surface area contributed by atoms with E-state index in [1.54, 1.807) is 12.1 Å². The van der Waals surface area contributed by atoms with Gasteiger partial charge in [0.05, 0.1) is 10.5 Å². The third kappa shape index (κ3) is 2.81. The Morgan fingerprint density at radius 1 is 0.947 bits per heavy atom. The van der Waals surface area contributed by atoms with Gasteiger partial charge in [0.25, 0.3) is 5.69 Å². The minimum absolute atomic E-state index is 0.0845. The molecule has 0 aliphatic rings. The minimum Gasteiger partial charge on any atom is -0.258 e. The molecule has 0 radical (unpaired) electrons. The number of nitro groups is 1. The van der Waals surface area contributed by atoms with Gasteiger partial charge in [0, 0.05) is 6.07 Å². The van der Waals surface area contributed by atoms with E-state index in [1.165, 1.54) is 11.6 Å². The lowest BCUT2D eigenvalue weighted by Gasteiger charge is -2.19. The maximum absolute atomic E-state index is 11.0. The average molecular weight is 255 g/mol. The van der Waals surface area contributed by atoms with E-state index in [-0.39, 0.29) is 16.0 Å². The van der Waals surface area contributed by atoms with Gasteiger partial charge in [0.15, 0.2) is 0 Å². The van der Waals surface area contributed by atoms with Gasteiger partial charge in [0.2, 0.25) is 0 Å². The molecule has 0 N–H and O–H groups in total. The number of rotatable bonds is 2. The van der Waals surface area contributed by atoms with Crippen LogP contribution in [0.2, 0.25) is 0 Å². The number of para-hydroxylation sites is 1. The zero-order chi connectivity index (χ0) is 14.0. The maximum Gasteiger partial charge on any atom is 0.277 e. The number of hydrogen-bond donors (Lipinski definition) is 0. The smallest absolute Gasteiger partial charge is 0.258 e. The standard InChI is InChI=1S/C16H17NO2/c1-16(2,3)13-10-8-12(9-11-13)14-6-4-5-7-15(14)17(18)19/h4-11H,1-3H3. The molecule has 0 amide bonds. The first-order valence-electron chi connectivity index (χ1n) is 6.24. The Morgan fingerprint density at radius 3 is 2.05 bits per heavy atom. The Morgan fingerprint density at radius 2 is 1.53 bits per heavy atom. The summed E-state index contributed by atoms with van der Waals surface area (Å²) in [6, 6.07) is 14.8. The molecule has 0 aliphatic carbocycles. The first-order valence-corrected chi connectivity index (χ1v) is 6.24. The number of nitro benzene ring substituents is 1. The third-order valence-electron chi connectivity index (χ3n) is 3.16. The molecule has 0 heterocycles. The normalized spacial score (nSPS) is 11.3. The highest BCUT2D eigenvalue weighted by Gasteiger charge is 2.16. The van der Waals surface area contributed by atoms with Crippen molar-refractivity contribution in [2.75, 3.05) is 0 Å². The lowest BCUT2D eigenvalue weighted by atomic mass is 9.86. The lowest BCUT2D eigenvalue weighted by molar-refractivity contribution is -0.384. The van der Waals surface area contributed by atoms with Crippen molar-refractivity contribution in [1.29, 1.82) is 0 Å². The molecule has 0 aliphatic heterocycles. The fraction of sp³-hybridized carbons (Fsp3) is 0.250. The molecule has 0 aromatic heterocycles. The van der Waals surface area contributed by atoms with Crippen LogP contribution in [0.4, 0.5) is 5.69 Å². The van der Waals surface area contributed by atoms with E-state index in [1.807, 2.05) is 30.3 Å². The quantitative estimate of drug-likeness (QED) is 0.583. The molecule has 0 bridgehead atoms. The summed E-state index contributed by atoms with van der Waals surface area (Å²) in [4.78, 5) is 10.7. The van der Waals surface area contributed by atoms with Crippen molar-refractivity contribution in [3.05, 3.63) is 64.2 Å². The Bertz CT molecular complexity index is 595. The van der Waals surface area contributed by atoms with Crippen molar-refractivity contribution < 1.29 is 4.92 Å². The molecule has 3 heteroatoms. The van der Waals surface area contributed by atoms with Crippen LogP contribution in [0.1, 0.15) is 26.3 Å². The van der Waals surface area contributed by atoms with E-state index < -0.39 is 0 Å². The summed E-state index contributed by atoms with van der Waals surface area (Å²) in [5.41, 5.74) is 2.98. The molecule has 98 valence electrons. The van der Waals surface area contributed by atoms with Crippen molar-refractivity contribution in [3.63, 3.8) is 0 Å². The van der Waals surface area contributed by atoms with Gasteiger partial charge in [0.1, 0.15) is 0 Å². The summed E-state index contributed by atoms with van der Waals surface area (Å²) in [6.07, 6.45) is 0. The van der Waals surface area contributed by atoms with E-state index in [4.69, 9.17) is 0 Å². The van der Waals surface area contributed by atoms with Gasteiger partial charge in [-0.3, -0.25) is 10.1 Å². The molecule has 0 saturated carbocycles. The van der Waals surface area contributed by atoms with E-state index in [0.29, 0.717) is 5.56 Å². The molecule has 2 rings (SSSR count). The van der Waals surface area contributed by atoms with E-state index >= 15 is 0 Å². The minimum atomic E-state index is -0.340. The van der Waals surface area contributed by atoms with Gasteiger partial charge >= 0.3 is 0 Å². The molecule has 2 aromatic carbocycles. The van der Waals surface area contributed by atoms with Gasteiger partial charge in [-0.25, -0.2) is 0 Å². The summed E-state index contributed by atoms with van der Waals surface area (Å²) in [6.45, 7) is 6.44. The molecule has 0 atom stereocenters. The second-order valence-electron chi connectivity index (χ2n) is 5.60. The molecule has 0 fully saturated rings. The molecule has 19 heavy (non-hydrogen) atoms. The van der Waals surface area contributed by atoms with Crippen LogP contribution in [0.3, 0.4) is 0 Å². The van der Waals surface area contributed by atoms with Crippen LogP contribution in [0.15, 0.2) is 48.5 Å². The Hall–Kier alpha value is -2.16. The predicted molar refractivity (Wildman–Crippen MR) is 77.2 cm³/mol. The predicted octanol–water partition coefficient (Wildman–Crippen LogP) is 4.56. The summed E-state index contributed by atoms with van der Waals surface area (Å²) in [5, 5.41) is 11.0. The van der Waals surface area contributed by atoms with Gasteiger partial charge in [-0.15, -0.1) is 0 Å². The summed E-state index contributed by atoms with van der Waals surface area (Å²) >= 11 is 0. The highest BCUT2D eigenvalue weighted by atomic mass is 16.6. The van der Waals surface area contributed by atoms with E-state index in [9.17, 15) is 10.1 Å². The van der Waals surface area contributed by atoms with Gasteiger partial charge in [-0.1, -0.05) is 57.2 Å². The van der Waals surface area contributed by atoms with Crippen molar-refractivity contribution in [2.45, 2.75) is 26.2 Å². The zero-order valence-electron chi connectivity index (χ0n) is 11.4. The number of benzene rings is 2. The van der Waals surface area contributed by atoms with Crippen molar-refractivity contribution >= 4 is 5.69 Å². The molecular weight excluding hydrogens is 238 g/mol. The van der Waals surface area contributed by atoms with Crippen LogP contribution in [0.25, 0.3) is 11.1 Å². The monoisotopic (exact) mass is 255 g/mol. The lowest BCUT2D eigenvalue weighted by Crippen LogP contribution is -2.10. The fourth-order valence-corrected chi connectivity index (χ4v) is 2.03. The Labute approximate surface area is 113 Å². The molecule has 0 unspecified atom stereocenters. The van der Waals surface area contributed by atoms with E-state index in [0.717, 1.165) is 5.56 Å². The van der Waals surface area contributed by atoms with Gasteiger partial charge < -0.3 is 0 Å². The van der Waals surface area contributed by atoms with Crippen LogP contribution >= 0.6 is 0 Å². The summed E-state index contributed by atoms with van der Waals surface area (Å²) in [7, 11) is 0. The first-order chi connectivity index (χ1) is 8.89. The van der Waals surface area contributed by atoms with Crippen molar-refractivity contribution in [3.8, 4) is 11.1 Å². The largest absolute Gasteiger partial charge is 0.277 e. The van der Waals surface area contributed by atoms with E-state index in [2.05, 4.69) is 20.8 Å². The van der Waals surface area contributed by atoms with Crippen LogP contribution in [-0.4, -0.2) is 4.92 Å². The number of hydrogen-bond acceptors (Lipinski definition) is 2. The van der Waals surface area contributed by atoms with Gasteiger partial charge in [-0.2, -0.15) is 0 Å². The van der Waals surface area contributed by atoms with Crippen molar-refractivity contribution in [2.24, 2.45) is 0 Å². The second-order valence-corrected chi connectivity index (χ2v) is 5.60. The Kier molecular flexibility index (Phi) is 3.38. The SMILES string of the molecule is CC(C)(C)c1ccc(-c2ccccc2[N+](=O)[O-])cc1. The maximum atomic E-state index is 11.0. The average Bonchev–Trinajstić information content (AvgIpc) is 2.38. The molecule has 0 saturated heterocycles. The highest BCUT2D eigenvalue weighted by molar-refractivity contribution is 5.73. The van der Waals surface area contributed by atoms with Crippen LogP contribution < -0.4 is 0 Å². The summed E-state index contributed by atoms with van der Waals surface area (Å²) < 4.78 is 0. The van der Waals surface area contributed by atoms with Gasteiger partial charge in [-0.05, 0) is 22.6 Å². The number of nitrogens with zero attached hydrogens (tertiary/aromatic N) is 1. The van der Waals surface area contributed by atoms with Crippen LogP contribution in [0, 0.1) is 10.1 Å². The zero-order valence-corrected chi connectivity index (χ0v) is 11.4. The van der Waals surface area contributed by atoms with Crippen molar-refractivity contribution in [1.82, 2.24) is 0 Å². The molecule has 2 aromatic rings.